The normalized spacial score (nSPS) is 12.5. The average molecular weight is 258 g/mol. The van der Waals surface area contributed by atoms with E-state index in [4.69, 9.17) is 11.1 Å². The minimum absolute atomic E-state index is 0.330. The Morgan fingerprint density at radius 1 is 1.11 bits per heavy atom. The first-order valence-electron chi connectivity index (χ1n) is 5.24. The van der Waals surface area contributed by atoms with Gasteiger partial charge in [-0.1, -0.05) is 30.3 Å². The Hall–Kier alpha value is -2.72. The topological polar surface area (TPSA) is 127 Å². The van der Waals surface area contributed by atoms with E-state index in [1.54, 1.807) is 30.3 Å². The van der Waals surface area contributed by atoms with Gasteiger partial charge in [0.15, 0.2) is 0 Å². The van der Waals surface area contributed by atoms with Gasteiger partial charge in [-0.3, -0.25) is 9.59 Å². The number of ketones is 2. The van der Waals surface area contributed by atoms with E-state index < -0.39 is 17.2 Å². The van der Waals surface area contributed by atoms with E-state index in [-0.39, 0.29) is 6.42 Å². The molecule has 0 bridgehead atoms. The van der Waals surface area contributed by atoms with Crippen LogP contribution < -0.4 is 0 Å². The SMILES string of the molecule is [N-]=[N+]=CC(=O)C(O)(Cc1ccccc1)C(=O)C=[N+]=[N-]. The van der Waals surface area contributed by atoms with Gasteiger partial charge in [-0.05, 0) is 5.56 Å². The third-order valence-electron chi connectivity index (χ3n) is 2.47. The summed E-state index contributed by atoms with van der Waals surface area (Å²) in [7, 11) is 0. The molecule has 0 aromatic heterocycles. The summed E-state index contributed by atoms with van der Waals surface area (Å²) in [6, 6.07) is 8.29. The van der Waals surface area contributed by atoms with Gasteiger partial charge < -0.3 is 16.2 Å². The molecule has 0 atom stereocenters. The Morgan fingerprint density at radius 3 is 2.00 bits per heavy atom. The van der Waals surface area contributed by atoms with E-state index >= 15 is 0 Å². The molecule has 0 aliphatic heterocycles. The van der Waals surface area contributed by atoms with Crippen molar-refractivity contribution in [2.24, 2.45) is 0 Å². The Labute approximate surface area is 108 Å². The third kappa shape index (κ3) is 3.37. The van der Waals surface area contributed by atoms with Gasteiger partial charge >= 0.3 is 12.4 Å². The molecule has 0 spiro atoms. The second-order valence-electron chi connectivity index (χ2n) is 3.74. The molecule has 1 N–H and O–H groups in total. The highest BCUT2D eigenvalue weighted by Crippen LogP contribution is 2.15. The quantitative estimate of drug-likeness (QED) is 0.325. The molecule has 0 heterocycles. The maximum atomic E-state index is 11.7. The van der Waals surface area contributed by atoms with Crippen molar-refractivity contribution >= 4 is 24.0 Å². The van der Waals surface area contributed by atoms with Crippen LogP contribution in [0.15, 0.2) is 30.3 Å². The van der Waals surface area contributed by atoms with E-state index in [1.165, 1.54) is 0 Å². The first kappa shape index (κ1) is 14.3. The highest BCUT2D eigenvalue weighted by Gasteiger charge is 2.46. The Morgan fingerprint density at radius 2 is 1.58 bits per heavy atom. The van der Waals surface area contributed by atoms with E-state index in [9.17, 15) is 14.7 Å². The van der Waals surface area contributed by atoms with Crippen molar-refractivity contribution in [3.63, 3.8) is 0 Å². The molecule has 0 saturated carbocycles. The van der Waals surface area contributed by atoms with Crippen LogP contribution in [0.25, 0.3) is 11.1 Å². The Balaban J connectivity index is 3.19. The zero-order valence-corrected chi connectivity index (χ0v) is 9.80. The van der Waals surface area contributed by atoms with Crippen LogP contribution in [0.5, 0.6) is 0 Å². The Kier molecular flexibility index (Phi) is 4.74. The van der Waals surface area contributed by atoms with Crippen LogP contribution in [0.1, 0.15) is 5.56 Å². The van der Waals surface area contributed by atoms with Gasteiger partial charge in [0.2, 0.25) is 5.60 Å². The Bertz CT molecular complexity index is 554. The lowest BCUT2D eigenvalue weighted by Crippen LogP contribution is -2.50. The standard InChI is InChI=1S/C12H10N4O3/c13-15-7-10(17)12(19,11(18)8-16-14)6-9-4-2-1-3-5-9/h1-5,7-8,19H,6H2. The number of aliphatic hydroxyl groups is 1. The molecule has 0 saturated heterocycles. The van der Waals surface area contributed by atoms with Crippen molar-refractivity contribution in [1.29, 1.82) is 0 Å². The summed E-state index contributed by atoms with van der Waals surface area (Å²) in [6.07, 6.45) is 0.516. The van der Waals surface area contributed by atoms with Crippen molar-refractivity contribution in [1.82, 2.24) is 0 Å². The van der Waals surface area contributed by atoms with Crippen molar-refractivity contribution in [2.45, 2.75) is 12.0 Å². The summed E-state index contributed by atoms with van der Waals surface area (Å²) < 4.78 is 0. The molecule has 0 amide bonds. The molecule has 0 aliphatic rings. The van der Waals surface area contributed by atoms with Crippen molar-refractivity contribution in [3.05, 3.63) is 47.0 Å². The van der Waals surface area contributed by atoms with Crippen LogP contribution in [0.3, 0.4) is 0 Å². The lowest BCUT2D eigenvalue weighted by Gasteiger charge is -2.18. The third-order valence-corrected chi connectivity index (χ3v) is 2.47. The maximum absolute atomic E-state index is 11.7. The predicted octanol–water partition coefficient (Wildman–Crippen LogP) is -0.300. The fourth-order valence-corrected chi connectivity index (χ4v) is 1.51. The smallest absolute Gasteiger partial charge is 0.326 e. The molecule has 1 rings (SSSR count). The van der Waals surface area contributed by atoms with Gasteiger partial charge in [-0.2, -0.15) is 9.58 Å². The van der Waals surface area contributed by atoms with E-state index in [1.807, 2.05) is 0 Å². The van der Waals surface area contributed by atoms with Crippen LogP contribution in [-0.2, 0) is 16.0 Å². The van der Waals surface area contributed by atoms with Crippen LogP contribution in [0.2, 0.25) is 0 Å². The zero-order chi connectivity index (χ0) is 14.3. The number of Topliss-reactive ketones (excluding diaryl/α,β-unsaturated/α-hetero) is 2. The molecule has 0 unspecified atom stereocenters. The van der Waals surface area contributed by atoms with E-state index in [0.29, 0.717) is 18.0 Å². The molecule has 19 heavy (non-hydrogen) atoms. The highest BCUT2D eigenvalue weighted by molar-refractivity contribution is 6.44. The molecule has 7 heteroatoms. The van der Waals surface area contributed by atoms with Gasteiger partial charge in [0, 0.05) is 6.42 Å². The molecular weight excluding hydrogens is 248 g/mol. The lowest BCUT2D eigenvalue weighted by molar-refractivity contribution is -0.145. The fraction of sp³-hybridized carbons (Fsp3) is 0.167. The van der Waals surface area contributed by atoms with Crippen LogP contribution in [0, 0.1) is 0 Å². The van der Waals surface area contributed by atoms with E-state index in [0.717, 1.165) is 0 Å². The molecule has 1 aromatic rings. The second kappa shape index (κ2) is 6.28. The zero-order valence-electron chi connectivity index (χ0n) is 9.80. The molecule has 0 aliphatic carbocycles. The summed E-state index contributed by atoms with van der Waals surface area (Å²) >= 11 is 0. The van der Waals surface area contributed by atoms with Gasteiger partial charge in [-0.25, -0.2) is 0 Å². The molecule has 96 valence electrons. The number of nitrogens with zero attached hydrogens (tertiary/aromatic N) is 4. The maximum Gasteiger partial charge on any atom is 0.326 e. The molecule has 7 nitrogen and oxygen atoms in total. The molecule has 0 radical (unpaired) electrons. The number of carbonyl (C=O) groups excluding carboxylic acids is 2. The number of hydrogen-bond donors (Lipinski definition) is 1. The van der Waals surface area contributed by atoms with Crippen molar-refractivity contribution in [2.75, 3.05) is 0 Å². The summed E-state index contributed by atoms with van der Waals surface area (Å²) in [4.78, 5) is 28.3. The van der Waals surface area contributed by atoms with Gasteiger partial charge in [-0.15, -0.1) is 0 Å². The monoisotopic (exact) mass is 258 g/mol. The summed E-state index contributed by atoms with van der Waals surface area (Å²) in [6.45, 7) is 0. The highest BCUT2D eigenvalue weighted by atomic mass is 16.3. The average Bonchev–Trinajstić information content (AvgIpc) is 2.40. The molecule has 0 fully saturated rings. The fourth-order valence-electron chi connectivity index (χ4n) is 1.51. The van der Waals surface area contributed by atoms with Crippen LogP contribution in [0.4, 0.5) is 0 Å². The minimum atomic E-state index is -2.47. The summed E-state index contributed by atoms with van der Waals surface area (Å²) in [5, 5.41) is 10.2. The van der Waals surface area contributed by atoms with E-state index in [2.05, 4.69) is 9.58 Å². The van der Waals surface area contributed by atoms with Gasteiger partial charge in [0.05, 0.1) is 0 Å². The van der Waals surface area contributed by atoms with Crippen LogP contribution >= 0.6 is 0 Å². The molecular formula is C12H10N4O3. The largest absolute Gasteiger partial charge is 0.373 e. The summed E-state index contributed by atoms with van der Waals surface area (Å²) in [5.41, 5.74) is 14.7. The predicted molar refractivity (Wildman–Crippen MR) is 64.5 cm³/mol. The second-order valence-corrected chi connectivity index (χ2v) is 3.74. The first-order valence-corrected chi connectivity index (χ1v) is 5.24. The van der Waals surface area contributed by atoms with Gasteiger partial charge in [0.1, 0.15) is 0 Å². The van der Waals surface area contributed by atoms with Crippen molar-refractivity contribution in [3.8, 4) is 0 Å². The number of benzene rings is 1. The number of carbonyl (C=O) groups is 2. The lowest BCUT2D eigenvalue weighted by atomic mass is 9.87. The van der Waals surface area contributed by atoms with Crippen LogP contribution in [-0.4, -0.2) is 44.3 Å². The van der Waals surface area contributed by atoms with Gasteiger partial charge in [0.25, 0.3) is 11.6 Å². The first-order chi connectivity index (χ1) is 9.04. The number of rotatable bonds is 6. The molecule has 1 aromatic carbocycles. The minimum Gasteiger partial charge on any atom is -0.373 e. The number of hydrogen-bond acceptors (Lipinski definition) is 3. The summed E-state index contributed by atoms with van der Waals surface area (Å²) in [5.74, 6) is -2.22. The van der Waals surface area contributed by atoms with Crippen molar-refractivity contribution < 1.29 is 24.3 Å².